The van der Waals surface area contributed by atoms with Crippen LogP contribution in [0.25, 0.3) is 11.0 Å². The Balaban J connectivity index is 3.16. The standard InChI is InChI=1S/C7H7N3O3/c1-3-4-5(9-13-3)8-7(12)10(2)6(4)11/h1-2H3,(H,8,9,12). The fourth-order valence-electron chi connectivity index (χ4n) is 1.15. The summed E-state index contributed by atoms with van der Waals surface area (Å²) in [5, 5.41) is 3.86. The number of nitrogens with zero attached hydrogens (tertiary/aromatic N) is 2. The first-order valence-electron chi connectivity index (χ1n) is 3.66. The van der Waals surface area contributed by atoms with Crippen molar-refractivity contribution in [1.29, 1.82) is 0 Å². The summed E-state index contributed by atoms with van der Waals surface area (Å²) in [5.74, 6) is 0.409. The van der Waals surface area contributed by atoms with Crippen LogP contribution < -0.4 is 11.2 Å². The molecular formula is C7H7N3O3. The number of aromatic nitrogens is 3. The minimum Gasteiger partial charge on any atom is -0.359 e. The predicted molar refractivity (Wildman–Crippen MR) is 44.6 cm³/mol. The zero-order valence-electron chi connectivity index (χ0n) is 7.12. The first-order chi connectivity index (χ1) is 6.11. The third-order valence-corrected chi connectivity index (χ3v) is 1.91. The Morgan fingerprint density at radius 3 is 2.85 bits per heavy atom. The molecule has 0 fully saturated rings. The van der Waals surface area contributed by atoms with Crippen molar-refractivity contribution in [2.75, 3.05) is 0 Å². The molecule has 2 aromatic heterocycles. The van der Waals surface area contributed by atoms with Crippen LogP contribution in [0.3, 0.4) is 0 Å². The Morgan fingerprint density at radius 2 is 2.15 bits per heavy atom. The maximum atomic E-state index is 11.5. The summed E-state index contributed by atoms with van der Waals surface area (Å²) in [7, 11) is 1.40. The highest BCUT2D eigenvalue weighted by molar-refractivity contribution is 5.74. The first kappa shape index (κ1) is 7.78. The Hall–Kier alpha value is -1.85. The predicted octanol–water partition coefficient (Wildman–Crippen LogP) is -0.477. The number of hydrogen-bond donors (Lipinski definition) is 1. The molecule has 68 valence electrons. The third kappa shape index (κ3) is 0.915. The minimum absolute atomic E-state index is 0.200. The molecule has 2 heterocycles. The van der Waals surface area contributed by atoms with Gasteiger partial charge >= 0.3 is 5.69 Å². The van der Waals surface area contributed by atoms with Gasteiger partial charge in [0.25, 0.3) is 5.56 Å². The van der Waals surface area contributed by atoms with Crippen molar-refractivity contribution in [3.63, 3.8) is 0 Å². The second-order valence-corrected chi connectivity index (χ2v) is 2.76. The van der Waals surface area contributed by atoms with Gasteiger partial charge in [0.05, 0.1) is 0 Å². The van der Waals surface area contributed by atoms with Crippen molar-refractivity contribution in [2.45, 2.75) is 6.92 Å². The lowest BCUT2D eigenvalue weighted by atomic mass is 10.3. The summed E-state index contributed by atoms with van der Waals surface area (Å²) < 4.78 is 5.75. The molecule has 0 amide bonds. The molecule has 2 rings (SSSR count). The molecular weight excluding hydrogens is 174 g/mol. The Morgan fingerprint density at radius 1 is 1.46 bits per heavy atom. The van der Waals surface area contributed by atoms with Gasteiger partial charge in [0.1, 0.15) is 11.1 Å². The molecule has 6 nitrogen and oxygen atoms in total. The van der Waals surface area contributed by atoms with Gasteiger partial charge < -0.3 is 4.52 Å². The SMILES string of the molecule is Cc1onc2[nH]c(=O)n(C)c(=O)c12. The van der Waals surface area contributed by atoms with Gasteiger partial charge in [-0.25, -0.2) is 4.79 Å². The normalized spacial score (nSPS) is 10.9. The van der Waals surface area contributed by atoms with Crippen molar-refractivity contribution in [2.24, 2.45) is 7.05 Å². The number of hydrogen-bond acceptors (Lipinski definition) is 4. The molecule has 0 spiro atoms. The summed E-state index contributed by atoms with van der Waals surface area (Å²) in [6.45, 7) is 1.62. The Labute approximate surface area is 71.8 Å². The summed E-state index contributed by atoms with van der Waals surface area (Å²) in [6.07, 6.45) is 0. The molecule has 0 atom stereocenters. The Kier molecular flexibility index (Phi) is 1.39. The van der Waals surface area contributed by atoms with E-state index in [0.29, 0.717) is 11.1 Å². The van der Waals surface area contributed by atoms with Crippen molar-refractivity contribution in [1.82, 2.24) is 14.7 Å². The van der Waals surface area contributed by atoms with Gasteiger partial charge in [0.15, 0.2) is 5.65 Å². The van der Waals surface area contributed by atoms with Gasteiger partial charge in [-0.05, 0) is 6.92 Å². The average Bonchev–Trinajstić information content (AvgIpc) is 2.43. The molecule has 0 aliphatic rings. The van der Waals surface area contributed by atoms with E-state index in [1.807, 2.05) is 0 Å². The van der Waals surface area contributed by atoms with Crippen molar-refractivity contribution in [3.8, 4) is 0 Å². The number of aryl methyl sites for hydroxylation is 1. The fourth-order valence-corrected chi connectivity index (χ4v) is 1.15. The van der Waals surface area contributed by atoms with Crippen molar-refractivity contribution < 1.29 is 4.52 Å². The molecule has 13 heavy (non-hydrogen) atoms. The maximum absolute atomic E-state index is 11.5. The van der Waals surface area contributed by atoms with Gasteiger partial charge in [-0.3, -0.25) is 14.3 Å². The smallest absolute Gasteiger partial charge is 0.329 e. The van der Waals surface area contributed by atoms with Gasteiger partial charge in [-0.15, -0.1) is 0 Å². The molecule has 0 bridgehead atoms. The van der Waals surface area contributed by atoms with Crippen LogP contribution in [0.2, 0.25) is 0 Å². The van der Waals surface area contributed by atoms with Gasteiger partial charge in [0.2, 0.25) is 0 Å². The van der Waals surface area contributed by atoms with E-state index in [1.54, 1.807) is 6.92 Å². The van der Waals surface area contributed by atoms with Crippen molar-refractivity contribution >= 4 is 11.0 Å². The van der Waals surface area contributed by atoms with E-state index in [-0.39, 0.29) is 5.65 Å². The zero-order valence-corrected chi connectivity index (χ0v) is 7.12. The molecule has 1 N–H and O–H groups in total. The van der Waals surface area contributed by atoms with Crippen LogP contribution in [0.5, 0.6) is 0 Å². The van der Waals surface area contributed by atoms with Crippen molar-refractivity contribution in [3.05, 3.63) is 26.6 Å². The second-order valence-electron chi connectivity index (χ2n) is 2.76. The van der Waals surface area contributed by atoms with Gasteiger partial charge in [0, 0.05) is 7.05 Å². The Bertz CT molecular complexity index is 575. The molecule has 0 radical (unpaired) electrons. The molecule has 0 saturated heterocycles. The molecule has 2 aromatic rings. The summed E-state index contributed by atoms with van der Waals surface area (Å²) in [4.78, 5) is 25.0. The molecule has 6 heteroatoms. The molecule has 0 aliphatic carbocycles. The maximum Gasteiger partial charge on any atom is 0.329 e. The zero-order chi connectivity index (χ0) is 9.59. The van der Waals surface area contributed by atoms with E-state index < -0.39 is 11.2 Å². The van der Waals surface area contributed by atoms with E-state index in [0.717, 1.165) is 4.57 Å². The van der Waals surface area contributed by atoms with Crippen LogP contribution in [-0.4, -0.2) is 14.7 Å². The van der Waals surface area contributed by atoms with Crippen LogP contribution in [0, 0.1) is 6.92 Å². The average molecular weight is 181 g/mol. The second kappa shape index (κ2) is 2.32. The molecule has 0 aliphatic heterocycles. The van der Waals surface area contributed by atoms with Gasteiger partial charge in [-0.2, -0.15) is 0 Å². The van der Waals surface area contributed by atoms with Crippen LogP contribution in [0.1, 0.15) is 5.76 Å². The molecule has 0 unspecified atom stereocenters. The van der Waals surface area contributed by atoms with Crippen LogP contribution in [0.15, 0.2) is 14.1 Å². The van der Waals surface area contributed by atoms with Crippen LogP contribution in [0.4, 0.5) is 0 Å². The van der Waals surface area contributed by atoms with E-state index in [1.165, 1.54) is 7.05 Å². The third-order valence-electron chi connectivity index (χ3n) is 1.91. The number of fused-ring (bicyclic) bond motifs is 1. The summed E-state index contributed by atoms with van der Waals surface area (Å²) in [5.41, 5.74) is -0.686. The van der Waals surface area contributed by atoms with E-state index in [4.69, 9.17) is 4.52 Å². The quantitative estimate of drug-likeness (QED) is 0.595. The molecule has 0 saturated carbocycles. The number of H-pyrrole nitrogens is 1. The number of nitrogens with one attached hydrogen (secondary N) is 1. The largest absolute Gasteiger partial charge is 0.359 e. The molecule has 0 aromatic carbocycles. The highest BCUT2D eigenvalue weighted by Crippen LogP contribution is 2.07. The van der Waals surface area contributed by atoms with Crippen LogP contribution >= 0.6 is 0 Å². The highest BCUT2D eigenvalue weighted by Gasteiger charge is 2.11. The van der Waals surface area contributed by atoms with Crippen LogP contribution in [-0.2, 0) is 7.05 Å². The highest BCUT2D eigenvalue weighted by atomic mass is 16.5. The lowest BCUT2D eigenvalue weighted by Crippen LogP contribution is -2.32. The van der Waals surface area contributed by atoms with E-state index in [2.05, 4.69) is 10.1 Å². The summed E-state index contributed by atoms with van der Waals surface area (Å²) >= 11 is 0. The lowest BCUT2D eigenvalue weighted by Gasteiger charge is -1.93. The van der Waals surface area contributed by atoms with Gasteiger partial charge in [-0.1, -0.05) is 5.16 Å². The van der Waals surface area contributed by atoms with E-state index >= 15 is 0 Å². The lowest BCUT2D eigenvalue weighted by molar-refractivity contribution is 0.404. The topological polar surface area (TPSA) is 80.9 Å². The first-order valence-corrected chi connectivity index (χ1v) is 3.66. The number of aromatic amines is 1. The summed E-state index contributed by atoms with van der Waals surface area (Å²) in [6, 6.07) is 0. The number of rotatable bonds is 0. The van der Waals surface area contributed by atoms with E-state index in [9.17, 15) is 9.59 Å². The fraction of sp³-hybridized carbons (Fsp3) is 0.286. The minimum atomic E-state index is -0.495. The monoisotopic (exact) mass is 181 g/mol.